The Morgan fingerprint density at radius 1 is 1.20 bits per heavy atom. The third-order valence-electron chi connectivity index (χ3n) is 3.98. The fourth-order valence-electron chi connectivity index (χ4n) is 2.64. The summed E-state index contributed by atoms with van der Waals surface area (Å²) in [6.07, 6.45) is 4.11. The molecule has 1 aliphatic heterocycles. The Kier molecular flexibility index (Phi) is 5.42. The van der Waals surface area contributed by atoms with Crippen molar-refractivity contribution < 1.29 is 18.3 Å². The van der Waals surface area contributed by atoms with Gasteiger partial charge in [0.15, 0.2) is 18.2 Å². The topological polar surface area (TPSA) is 54.5 Å². The van der Waals surface area contributed by atoms with Crippen molar-refractivity contribution in [1.82, 2.24) is 10.3 Å². The highest BCUT2D eigenvalue weighted by molar-refractivity contribution is 5.77. The molecule has 3 rings (SSSR count). The first kappa shape index (κ1) is 17.1. The van der Waals surface area contributed by atoms with Gasteiger partial charge in [0.05, 0.1) is 0 Å². The Balaban J connectivity index is 1.45. The standard InChI is InChI=1S/C18H19F2N3O2/c19-14-4-5-16(15(20)9-14)25-12-18(24)22-11-13-3-6-17(21-10-13)23-7-1-2-8-23/h3-6,9-10H,1-2,7-8,11-12H2,(H,22,24). The molecule has 5 nitrogen and oxygen atoms in total. The predicted molar refractivity (Wildman–Crippen MR) is 89.4 cm³/mol. The van der Waals surface area contributed by atoms with Gasteiger partial charge >= 0.3 is 0 Å². The number of nitrogens with one attached hydrogen (secondary N) is 1. The van der Waals surface area contributed by atoms with Gasteiger partial charge in [0, 0.05) is 31.9 Å². The second-order valence-corrected chi connectivity index (χ2v) is 5.86. The quantitative estimate of drug-likeness (QED) is 0.873. The molecule has 1 amide bonds. The zero-order chi connectivity index (χ0) is 17.6. The maximum atomic E-state index is 13.4. The minimum atomic E-state index is -0.838. The number of hydrogen-bond acceptors (Lipinski definition) is 4. The number of rotatable bonds is 6. The average molecular weight is 347 g/mol. The van der Waals surface area contributed by atoms with Crippen LogP contribution in [-0.4, -0.2) is 30.6 Å². The summed E-state index contributed by atoms with van der Waals surface area (Å²) >= 11 is 0. The molecule has 0 bridgehead atoms. The number of anilines is 1. The molecular formula is C18H19F2N3O2. The zero-order valence-electron chi connectivity index (χ0n) is 13.7. The molecule has 0 saturated carbocycles. The molecule has 0 aliphatic carbocycles. The smallest absolute Gasteiger partial charge is 0.258 e. The van der Waals surface area contributed by atoms with Crippen LogP contribution in [0.25, 0.3) is 0 Å². The van der Waals surface area contributed by atoms with Crippen LogP contribution in [0.4, 0.5) is 14.6 Å². The summed E-state index contributed by atoms with van der Waals surface area (Å²) in [4.78, 5) is 18.4. The molecule has 1 aliphatic rings. The van der Waals surface area contributed by atoms with Crippen molar-refractivity contribution in [2.45, 2.75) is 19.4 Å². The highest BCUT2D eigenvalue weighted by atomic mass is 19.1. The first-order chi connectivity index (χ1) is 12.1. The number of amides is 1. The van der Waals surface area contributed by atoms with Gasteiger partial charge in [-0.2, -0.15) is 0 Å². The van der Waals surface area contributed by atoms with Crippen molar-refractivity contribution in [3.63, 3.8) is 0 Å². The molecule has 0 unspecified atom stereocenters. The monoisotopic (exact) mass is 347 g/mol. The van der Waals surface area contributed by atoms with Crippen LogP contribution >= 0.6 is 0 Å². The Morgan fingerprint density at radius 2 is 2.00 bits per heavy atom. The Morgan fingerprint density at radius 3 is 2.68 bits per heavy atom. The number of ether oxygens (including phenoxy) is 1. The molecule has 0 atom stereocenters. The van der Waals surface area contributed by atoms with E-state index in [-0.39, 0.29) is 12.4 Å². The fraction of sp³-hybridized carbons (Fsp3) is 0.333. The maximum Gasteiger partial charge on any atom is 0.258 e. The van der Waals surface area contributed by atoms with Crippen molar-refractivity contribution in [2.24, 2.45) is 0 Å². The molecular weight excluding hydrogens is 328 g/mol. The van der Waals surface area contributed by atoms with Gasteiger partial charge in [0.25, 0.3) is 5.91 Å². The van der Waals surface area contributed by atoms with E-state index in [1.807, 2.05) is 12.1 Å². The molecule has 0 spiro atoms. The number of carbonyl (C=O) groups is 1. The van der Waals surface area contributed by atoms with Gasteiger partial charge in [0.2, 0.25) is 0 Å². The highest BCUT2D eigenvalue weighted by Crippen LogP contribution is 2.18. The van der Waals surface area contributed by atoms with Crippen LogP contribution in [0.2, 0.25) is 0 Å². The Labute approximate surface area is 144 Å². The lowest BCUT2D eigenvalue weighted by Crippen LogP contribution is -2.28. The van der Waals surface area contributed by atoms with Gasteiger partial charge in [-0.1, -0.05) is 6.07 Å². The minimum absolute atomic E-state index is 0.159. The number of aromatic nitrogens is 1. The lowest BCUT2D eigenvalue weighted by atomic mass is 10.2. The van der Waals surface area contributed by atoms with Crippen LogP contribution in [0.1, 0.15) is 18.4 Å². The predicted octanol–water partition coefficient (Wildman–Crippen LogP) is 2.66. The number of pyridine rings is 1. The molecule has 1 fully saturated rings. The lowest BCUT2D eigenvalue weighted by molar-refractivity contribution is -0.123. The number of hydrogen-bond donors (Lipinski definition) is 1. The molecule has 7 heteroatoms. The second kappa shape index (κ2) is 7.92. The van der Waals surface area contributed by atoms with E-state index in [0.717, 1.165) is 36.6 Å². The second-order valence-electron chi connectivity index (χ2n) is 5.86. The van der Waals surface area contributed by atoms with Gasteiger partial charge in [0.1, 0.15) is 11.6 Å². The van der Waals surface area contributed by atoms with Crippen LogP contribution in [0.15, 0.2) is 36.5 Å². The van der Waals surface area contributed by atoms with Crippen LogP contribution in [0, 0.1) is 11.6 Å². The van der Waals surface area contributed by atoms with Gasteiger partial charge < -0.3 is 15.0 Å². The van der Waals surface area contributed by atoms with Crippen molar-refractivity contribution in [3.8, 4) is 5.75 Å². The molecule has 1 N–H and O–H groups in total. The van der Waals surface area contributed by atoms with Gasteiger partial charge in [-0.3, -0.25) is 4.79 Å². The van der Waals surface area contributed by atoms with E-state index in [1.165, 1.54) is 12.8 Å². The van der Waals surface area contributed by atoms with Crippen molar-refractivity contribution in [1.29, 1.82) is 0 Å². The van der Waals surface area contributed by atoms with Crippen LogP contribution in [0.5, 0.6) is 5.75 Å². The summed E-state index contributed by atoms with van der Waals surface area (Å²) < 4.78 is 31.3. The van der Waals surface area contributed by atoms with Crippen molar-refractivity contribution in [2.75, 3.05) is 24.6 Å². The Bertz CT molecular complexity index is 732. The summed E-state index contributed by atoms with van der Waals surface area (Å²) in [5.74, 6) is -1.14. The summed E-state index contributed by atoms with van der Waals surface area (Å²) in [5.41, 5.74) is 0.865. The van der Waals surface area contributed by atoms with E-state index < -0.39 is 17.5 Å². The first-order valence-corrected chi connectivity index (χ1v) is 8.16. The first-order valence-electron chi connectivity index (χ1n) is 8.16. The SMILES string of the molecule is O=C(COc1ccc(F)cc1F)NCc1ccc(N2CCCC2)nc1. The van der Waals surface area contributed by atoms with E-state index in [9.17, 15) is 13.6 Å². The zero-order valence-corrected chi connectivity index (χ0v) is 13.7. The summed E-state index contributed by atoms with van der Waals surface area (Å²) in [7, 11) is 0. The third kappa shape index (κ3) is 4.65. The number of nitrogens with zero attached hydrogens (tertiary/aromatic N) is 2. The molecule has 2 aromatic rings. The van der Waals surface area contributed by atoms with Crippen LogP contribution in [0.3, 0.4) is 0 Å². The largest absolute Gasteiger partial charge is 0.481 e. The summed E-state index contributed by atoms with van der Waals surface area (Å²) in [6, 6.07) is 6.79. The van der Waals surface area contributed by atoms with Gasteiger partial charge in [-0.25, -0.2) is 13.8 Å². The normalized spacial score (nSPS) is 13.8. The van der Waals surface area contributed by atoms with E-state index in [0.29, 0.717) is 12.6 Å². The highest BCUT2D eigenvalue weighted by Gasteiger charge is 2.13. The maximum absolute atomic E-state index is 13.4. The molecule has 1 saturated heterocycles. The molecule has 1 aromatic heterocycles. The molecule has 0 radical (unpaired) electrons. The minimum Gasteiger partial charge on any atom is -0.481 e. The molecule has 25 heavy (non-hydrogen) atoms. The van der Waals surface area contributed by atoms with Crippen LogP contribution < -0.4 is 15.0 Å². The van der Waals surface area contributed by atoms with Crippen molar-refractivity contribution >= 4 is 11.7 Å². The molecule has 132 valence electrons. The van der Waals surface area contributed by atoms with E-state index in [4.69, 9.17) is 4.74 Å². The third-order valence-corrected chi connectivity index (χ3v) is 3.98. The lowest BCUT2D eigenvalue weighted by Gasteiger charge is -2.16. The number of benzene rings is 1. The molecule has 1 aromatic carbocycles. The number of carbonyl (C=O) groups excluding carboxylic acids is 1. The summed E-state index contributed by atoms with van der Waals surface area (Å²) in [6.45, 7) is 2.02. The number of halogens is 2. The van der Waals surface area contributed by atoms with E-state index in [2.05, 4.69) is 15.2 Å². The van der Waals surface area contributed by atoms with Gasteiger partial charge in [-0.05, 0) is 36.6 Å². The van der Waals surface area contributed by atoms with Crippen LogP contribution in [-0.2, 0) is 11.3 Å². The molecule has 2 heterocycles. The fourth-order valence-corrected chi connectivity index (χ4v) is 2.64. The Hall–Kier alpha value is -2.70. The van der Waals surface area contributed by atoms with Gasteiger partial charge in [-0.15, -0.1) is 0 Å². The summed E-state index contributed by atoms with van der Waals surface area (Å²) in [5, 5.41) is 2.67. The van der Waals surface area contributed by atoms with E-state index >= 15 is 0 Å². The van der Waals surface area contributed by atoms with E-state index in [1.54, 1.807) is 6.20 Å². The van der Waals surface area contributed by atoms with Crippen molar-refractivity contribution in [3.05, 3.63) is 53.7 Å². The average Bonchev–Trinajstić information content (AvgIpc) is 3.14.